The second-order valence-electron chi connectivity index (χ2n) is 4.51. The number of thioether (sulfide) groups is 1. The highest BCUT2D eigenvalue weighted by molar-refractivity contribution is 7.99. The smallest absolute Gasteiger partial charge is 0.100 e. The van der Waals surface area contributed by atoms with E-state index < -0.39 is 0 Å². The quantitative estimate of drug-likeness (QED) is 0.501. The van der Waals surface area contributed by atoms with Gasteiger partial charge in [-0.15, -0.1) is 11.8 Å². The van der Waals surface area contributed by atoms with Gasteiger partial charge in [0.1, 0.15) is 5.03 Å². The van der Waals surface area contributed by atoms with Crippen molar-refractivity contribution in [2.75, 3.05) is 45.6 Å². The molecule has 0 aliphatic heterocycles. The Morgan fingerprint density at radius 3 is 2.85 bits per heavy atom. The Kier molecular flexibility index (Phi) is 9.66. The molecular weight excluding hydrogens is 270 g/mol. The summed E-state index contributed by atoms with van der Waals surface area (Å²) < 4.78 is 5.04. The number of ether oxygens (including phenoxy) is 1. The van der Waals surface area contributed by atoms with Crippen molar-refractivity contribution in [3.8, 4) is 0 Å². The molecular formula is C15H27N3OS. The highest BCUT2D eigenvalue weighted by Crippen LogP contribution is 2.19. The molecule has 1 N–H and O–H groups in total. The molecule has 1 rings (SSSR count). The topological polar surface area (TPSA) is 37.4 Å². The molecule has 0 saturated carbocycles. The Hall–Kier alpha value is -0.620. The molecule has 0 atom stereocenters. The van der Waals surface area contributed by atoms with Crippen molar-refractivity contribution in [1.29, 1.82) is 0 Å². The number of nitrogens with one attached hydrogen (secondary N) is 1. The second-order valence-corrected chi connectivity index (χ2v) is 5.60. The Labute approximate surface area is 127 Å². The molecule has 0 saturated heterocycles. The van der Waals surface area contributed by atoms with Crippen LogP contribution in [0.1, 0.15) is 19.4 Å². The lowest BCUT2D eigenvalue weighted by atomic mass is 10.3. The highest BCUT2D eigenvalue weighted by Gasteiger charge is 2.05. The molecule has 4 nitrogen and oxygen atoms in total. The zero-order valence-corrected chi connectivity index (χ0v) is 13.7. The number of nitrogens with zero attached hydrogens (tertiary/aromatic N) is 2. The minimum absolute atomic E-state index is 0.741. The van der Waals surface area contributed by atoms with Gasteiger partial charge in [-0.1, -0.05) is 19.9 Å². The van der Waals surface area contributed by atoms with Gasteiger partial charge in [-0.2, -0.15) is 0 Å². The second kappa shape index (κ2) is 11.1. The van der Waals surface area contributed by atoms with Crippen molar-refractivity contribution < 1.29 is 4.74 Å². The first-order valence-corrected chi connectivity index (χ1v) is 8.29. The molecule has 0 spiro atoms. The van der Waals surface area contributed by atoms with E-state index in [9.17, 15) is 0 Å². The van der Waals surface area contributed by atoms with Gasteiger partial charge in [0.2, 0.25) is 0 Å². The van der Waals surface area contributed by atoms with Crippen molar-refractivity contribution in [1.82, 2.24) is 15.2 Å². The van der Waals surface area contributed by atoms with Crippen molar-refractivity contribution in [3.05, 3.63) is 23.9 Å². The molecule has 0 unspecified atom stereocenters. The van der Waals surface area contributed by atoms with Crippen LogP contribution in [0.5, 0.6) is 0 Å². The highest BCUT2D eigenvalue weighted by atomic mass is 32.2. The maximum absolute atomic E-state index is 5.04. The predicted octanol–water partition coefficient (Wildman–Crippen LogP) is 2.25. The largest absolute Gasteiger partial charge is 0.383 e. The third-order valence-corrected chi connectivity index (χ3v) is 4.22. The number of rotatable bonds is 11. The van der Waals surface area contributed by atoms with Crippen molar-refractivity contribution in [3.63, 3.8) is 0 Å². The first-order chi connectivity index (χ1) is 9.81. The number of aromatic nitrogens is 1. The van der Waals surface area contributed by atoms with Crippen molar-refractivity contribution in [2.24, 2.45) is 0 Å². The summed E-state index contributed by atoms with van der Waals surface area (Å²) in [6, 6.07) is 4.15. The lowest BCUT2D eigenvalue weighted by Crippen LogP contribution is -2.25. The van der Waals surface area contributed by atoms with Gasteiger partial charge >= 0.3 is 0 Å². The summed E-state index contributed by atoms with van der Waals surface area (Å²) in [6.07, 6.45) is 1.87. The van der Waals surface area contributed by atoms with Crippen LogP contribution in [0.3, 0.4) is 0 Å². The van der Waals surface area contributed by atoms with Crippen LogP contribution in [0.15, 0.2) is 23.4 Å². The van der Waals surface area contributed by atoms with E-state index in [-0.39, 0.29) is 0 Å². The standard InChI is InChI=1S/C15H27N3OS/c1-4-18(5-2)10-12-20-15-14(7-6-8-17-15)13-16-9-11-19-3/h6-8,16H,4-5,9-13H2,1-3H3. The molecule has 0 bridgehead atoms. The third kappa shape index (κ3) is 6.70. The first-order valence-electron chi connectivity index (χ1n) is 7.30. The van der Waals surface area contributed by atoms with Crippen LogP contribution >= 0.6 is 11.8 Å². The average Bonchev–Trinajstić information content (AvgIpc) is 2.49. The fraction of sp³-hybridized carbons (Fsp3) is 0.667. The van der Waals surface area contributed by atoms with Crippen LogP contribution in [0.2, 0.25) is 0 Å². The molecule has 114 valence electrons. The Morgan fingerprint density at radius 2 is 2.15 bits per heavy atom. The van der Waals surface area contributed by atoms with E-state index in [0.29, 0.717) is 0 Å². The summed E-state index contributed by atoms with van der Waals surface area (Å²) in [5.41, 5.74) is 1.27. The van der Waals surface area contributed by atoms with Gasteiger partial charge in [-0.05, 0) is 24.7 Å². The monoisotopic (exact) mass is 297 g/mol. The van der Waals surface area contributed by atoms with E-state index in [1.54, 1.807) is 7.11 Å². The zero-order chi connectivity index (χ0) is 14.6. The maximum Gasteiger partial charge on any atom is 0.100 e. The van der Waals surface area contributed by atoms with Crippen LogP contribution in [0, 0.1) is 0 Å². The zero-order valence-electron chi connectivity index (χ0n) is 12.9. The normalized spacial score (nSPS) is 11.2. The number of pyridine rings is 1. The van der Waals surface area contributed by atoms with E-state index in [1.165, 1.54) is 5.56 Å². The van der Waals surface area contributed by atoms with Gasteiger partial charge in [0.05, 0.1) is 6.61 Å². The van der Waals surface area contributed by atoms with E-state index in [2.05, 4.69) is 35.1 Å². The lowest BCUT2D eigenvalue weighted by molar-refractivity contribution is 0.199. The molecule has 0 aliphatic carbocycles. The van der Waals surface area contributed by atoms with Crippen LogP contribution in [-0.2, 0) is 11.3 Å². The van der Waals surface area contributed by atoms with Crippen molar-refractivity contribution in [2.45, 2.75) is 25.4 Å². The molecule has 1 aromatic heterocycles. The fourth-order valence-corrected chi connectivity index (χ4v) is 2.90. The third-order valence-electron chi connectivity index (χ3n) is 3.19. The molecule has 1 heterocycles. The van der Waals surface area contributed by atoms with E-state index >= 15 is 0 Å². The molecule has 0 aromatic carbocycles. The summed E-state index contributed by atoms with van der Waals surface area (Å²) in [4.78, 5) is 6.94. The van der Waals surface area contributed by atoms with Gasteiger partial charge in [0, 0.05) is 38.7 Å². The SMILES string of the molecule is CCN(CC)CCSc1ncccc1CNCCOC. The van der Waals surface area contributed by atoms with Crippen LogP contribution < -0.4 is 5.32 Å². The van der Waals surface area contributed by atoms with Crippen LogP contribution in [-0.4, -0.2) is 55.5 Å². The summed E-state index contributed by atoms with van der Waals surface area (Å²) >= 11 is 1.85. The summed E-state index contributed by atoms with van der Waals surface area (Å²) in [5, 5.41) is 4.52. The van der Waals surface area contributed by atoms with Gasteiger partial charge in [0.25, 0.3) is 0 Å². The summed E-state index contributed by atoms with van der Waals surface area (Å²) in [7, 11) is 1.72. The number of hydrogen-bond donors (Lipinski definition) is 1. The lowest BCUT2D eigenvalue weighted by Gasteiger charge is -2.17. The molecule has 0 fully saturated rings. The van der Waals surface area contributed by atoms with E-state index in [1.807, 2.05) is 24.0 Å². The summed E-state index contributed by atoms with van der Waals surface area (Å²) in [6.45, 7) is 10.2. The number of hydrogen-bond acceptors (Lipinski definition) is 5. The Bertz CT molecular complexity index is 359. The van der Waals surface area contributed by atoms with Crippen LogP contribution in [0.4, 0.5) is 0 Å². The maximum atomic E-state index is 5.04. The van der Waals surface area contributed by atoms with E-state index in [4.69, 9.17) is 4.74 Å². The first kappa shape index (κ1) is 17.4. The van der Waals surface area contributed by atoms with Crippen LogP contribution in [0.25, 0.3) is 0 Å². The minimum atomic E-state index is 0.741. The van der Waals surface area contributed by atoms with Gasteiger partial charge in [-0.3, -0.25) is 0 Å². The molecule has 0 amide bonds. The fourth-order valence-electron chi connectivity index (χ4n) is 1.90. The summed E-state index contributed by atoms with van der Waals surface area (Å²) in [5.74, 6) is 1.09. The minimum Gasteiger partial charge on any atom is -0.383 e. The van der Waals surface area contributed by atoms with Gasteiger partial charge in [-0.25, -0.2) is 4.98 Å². The molecule has 5 heteroatoms. The molecule has 0 radical (unpaired) electrons. The Balaban J connectivity index is 2.40. The van der Waals surface area contributed by atoms with E-state index in [0.717, 1.165) is 50.1 Å². The Morgan fingerprint density at radius 1 is 1.35 bits per heavy atom. The number of methoxy groups -OCH3 is 1. The van der Waals surface area contributed by atoms with Gasteiger partial charge in [0.15, 0.2) is 0 Å². The molecule has 1 aromatic rings. The molecule has 0 aliphatic rings. The predicted molar refractivity (Wildman–Crippen MR) is 86.3 cm³/mol. The molecule has 20 heavy (non-hydrogen) atoms. The van der Waals surface area contributed by atoms with Crippen molar-refractivity contribution >= 4 is 11.8 Å². The average molecular weight is 297 g/mol. The van der Waals surface area contributed by atoms with Gasteiger partial charge < -0.3 is 15.0 Å².